The summed E-state index contributed by atoms with van der Waals surface area (Å²) in [6, 6.07) is 12.7. The molecular formula is C21H23N7. The molecule has 0 unspecified atom stereocenters. The highest BCUT2D eigenvalue weighted by Crippen LogP contribution is 2.29. The van der Waals surface area contributed by atoms with Gasteiger partial charge in [0.2, 0.25) is 0 Å². The van der Waals surface area contributed by atoms with E-state index in [0.29, 0.717) is 0 Å². The lowest BCUT2D eigenvalue weighted by Crippen LogP contribution is -2.44. The number of anilines is 1. The van der Waals surface area contributed by atoms with Crippen LogP contribution in [0.3, 0.4) is 0 Å². The van der Waals surface area contributed by atoms with Crippen LogP contribution in [-0.2, 0) is 0 Å². The van der Waals surface area contributed by atoms with E-state index >= 15 is 0 Å². The number of fused-ring (bicyclic) bond motifs is 1. The first-order valence-corrected chi connectivity index (χ1v) is 9.59. The van der Waals surface area contributed by atoms with Crippen LogP contribution in [-0.4, -0.2) is 63.5 Å². The van der Waals surface area contributed by atoms with Crippen LogP contribution in [0, 0.1) is 6.92 Å². The van der Waals surface area contributed by atoms with Crippen molar-refractivity contribution in [2.45, 2.75) is 6.92 Å². The number of aromatic amines is 2. The molecule has 1 saturated heterocycles. The van der Waals surface area contributed by atoms with Crippen LogP contribution in [0.15, 0.2) is 42.6 Å². The zero-order chi connectivity index (χ0) is 19.1. The molecule has 7 nitrogen and oxygen atoms in total. The van der Waals surface area contributed by atoms with Crippen LogP contribution in [0.1, 0.15) is 5.69 Å². The Hall–Kier alpha value is -3.19. The number of nitrogens with zero attached hydrogens (tertiary/aromatic N) is 5. The molecule has 142 valence electrons. The summed E-state index contributed by atoms with van der Waals surface area (Å²) in [5.41, 5.74) is 7.87. The minimum Gasteiger partial charge on any atom is -0.369 e. The molecule has 7 heteroatoms. The highest BCUT2D eigenvalue weighted by molar-refractivity contribution is 5.91. The quantitative estimate of drug-likeness (QED) is 0.577. The van der Waals surface area contributed by atoms with Crippen molar-refractivity contribution >= 4 is 16.7 Å². The van der Waals surface area contributed by atoms with Crippen molar-refractivity contribution in [1.82, 2.24) is 30.3 Å². The van der Waals surface area contributed by atoms with E-state index in [1.165, 1.54) is 5.69 Å². The highest BCUT2D eigenvalue weighted by atomic mass is 15.2. The molecule has 0 spiro atoms. The fourth-order valence-electron chi connectivity index (χ4n) is 3.76. The first-order chi connectivity index (χ1) is 13.7. The SMILES string of the molecule is Cc1n[nH]cc1-c1ccc2[nH]nc(-c3ccc(N4CCN(C)CC4)cc3)c2n1. The Bertz CT molecular complexity index is 1100. The summed E-state index contributed by atoms with van der Waals surface area (Å²) in [5.74, 6) is 0. The number of H-pyrrole nitrogens is 2. The highest BCUT2D eigenvalue weighted by Gasteiger charge is 2.16. The van der Waals surface area contributed by atoms with Gasteiger partial charge in [0, 0.05) is 49.2 Å². The zero-order valence-electron chi connectivity index (χ0n) is 16.1. The van der Waals surface area contributed by atoms with Gasteiger partial charge in [0.15, 0.2) is 0 Å². The van der Waals surface area contributed by atoms with Crippen molar-refractivity contribution in [2.24, 2.45) is 0 Å². The second-order valence-corrected chi connectivity index (χ2v) is 7.39. The van der Waals surface area contributed by atoms with Gasteiger partial charge in [0.25, 0.3) is 0 Å². The molecule has 3 aromatic heterocycles. The van der Waals surface area contributed by atoms with Crippen molar-refractivity contribution in [1.29, 1.82) is 0 Å². The molecule has 0 amide bonds. The Balaban J connectivity index is 1.48. The van der Waals surface area contributed by atoms with Crippen molar-refractivity contribution in [2.75, 3.05) is 38.1 Å². The average molecular weight is 373 g/mol. The first kappa shape index (κ1) is 16.9. The zero-order valence-corrected chi connectivity index (χ0v) is 16.1. The molecule has 28 heavy (non-hydrogen) atoms. The maximum atomic E-state index is 4.87. The number of likely N-dealkylation sites (N-methyl/N-ethyl adjacent to an activating group) is 1. The lowest BCUT2D eigenvalue weighted by molar-refractivity contribution is 0.313. The normalized spacial score (nSPS) is 15.4. The fraction of sp³-hybridized carbons (Fsp3) is 0.286. The Morgan fingerprint density at radius 2 is 1.71 bits per heavy atom. The van der Waals surface area contributed by atoms with Gasteiger partial charge in [0.05, 0.1) is 16.9 Å². The van der Waals surface area contributed by atoms with Crippen LogP contribution in [0.25, 0.3) is 33.5 Å². The Labute approximate surface area is 163 Å². The van der Waals surface area contributed by atoms with Crippen molar-refractivity contribution in [3.05, 3.63) is 48.3 Å². The third-order valence-electron chi connectivity index (χ3n) is 5.52. The molecule has 4 aromatic rings. The van der Waals surface area contributed by atoms with E-state index in [9.17, 15) is 0 Å². The standard InChI is InChI=1S/C21H23N7/c1-14-17(13-22-24-14)18-7-8-19-21(23-18)20(26-25-19)15-3-5-16(6-4-15)28-11-9-27(2)10-12-28/h3-8,13H,9-12H2,1-2H3,(H,22,24)(H,25,26). The molecule has 1 aliphatic heterocycles. The second kappa shape index (κ2) is 6.76. The van der Waals surface area contributed by atoms with Gasteiger partial charge in [-0.2, -0.15) is 10.2 Å². The monoisotopic (exact) mass is 373 g/mol. The molecule has 1 fully saturated rings. The second-order valence-electron chi connectivity index (χ2n) is 7.39. The van der Waals surface area contributed by atoms with E-state index in [2.05, 4.69) is 61.5 Å². The maximum absolute atomic E-state index is 4.87. The van der Waals surface area contributed by atoms with Crippen molar-refractivity contribution < 1.29 is 0 Å². The Morgan fingerprint density at radius 1 is 0.929 bits per heavy atom. The molecule has 5 rings (SSSR count). The predicted octanol–water partition coefficient (Wildman–Crippen LogP) is 3.08. The first-order valence-electron chi connectivity index (χ1n) is 9.59. The fourth-order valence-corrected chi connectivity index (χ4v) is 3.76. The lowest BCUT2D eigenvalue weighted by atomic mass is 10.1. The van der Waals surface area contributed by atoms with Gasteiger partial charge in [-0.25, -0.2) is 4.98 Å². The van der Waals surface area contributed by atoms with E-state index in [1.807, 2.05) is 25.3 Å². The summed E-state index contributed by atoms with van der Waals surface area (Å²) in [5, 5.41) is 14.7. The van der Waals surface area contributed by atoms with Gasteiger partial charge in [-0.1, -0.05) is 12.1 Å². The molecule has 0 aliphatic carbocycles. The third-order valence-corrected chi connectivity index (χ3v) is 5.52. The van der Waals surface area contributed by atoms with Crippen LogP contribution >= 0.6 is 0 Å². The summed E-state index contributed by atoms with van der Waals surface area (Å²) < 4.78 is 0. The van der Waals surface area contributed by atoms with E-state index in [1.54, 1.807) is 0 Å². The van der Waals surface area contributed by atoms with Gasteiger partial charge in [-0.15, -0.1) is 0 Å². The number of aryl methyl sites for hydroxylation is 1. The number of hydrogen-bond donors (Lipinski definition) is 2. The van der Waals surface area contributed by atoms with Crippen LogP contribution in [0.2, 0.25) is 0 Å². The summed E-state index contributed by atoms with van der Waals surface area (Å²) >= 11 is 0. The van der Waals surface area contributed by atoms with E-state index in [0.717, 1.165) is 65.4 Å². The summed E-state index contributed by atoms with van der Waals surface area (Å²) in [6.07, 6.45) is 1.88. The van der Waals surface area contributed by atoms with Gasteiger partial charge < -0.3 is 9.80 Å². The van der Waals surface area contributed by atoms with Crippen LogP contribution in [0.5, 0.6) is 0 Å². The number of piperazine rings is 1. The summed E-state index contributed by atoms with van der Waals surface area (Å²) in [4.78, 5) is 9.67. The van der Waals surface area contributed by atoms with Gasteiger partial charge >= 0.3 is 0 Å². The Morgan fingerprint density at radius 3 is 2.43 bits per heavy atom. The summed E-state index contributed by atoms with van der Waals surface area (Å²) in [6.45, 7) is 6.31. The smallest absolute Gasteiger partial charge is 0.118 e. The minimum absolute atomic E-state index is 0.878. The Kier molecular flexibility index (Phi) is 4.09. The number of hydrogen-bond acceptors (Lipinski definition) is 5. The molecule has 0 radical (unpaired) electrons. The van der Waals surface area contributed by atoms with E-state index in [4.69, 9.17) is 4.98 Å². The molecule has 0 bridgehead atoms. The van der Waals surface area contributed by atoms with Gasteiger partial charge in [0.1, 0.15) is 11.2 Å². The van der Waals surface area contributed by atoms with Gasteiger partial charge in [-0.05, 0) is 38.2 Å². The minimum atomic E-state index is 0.878. The third kappa shape index (κ3) is 2.93. The predicted molar refractivity (Wildman–Crippen MR) is 111 cm³/mol. The largest absolute Gasteiger partial charge is 0.369 e. The molecule has 0 saturated carbocycles. The molecule has 1 aromatic carbocycles. The number of benzene rings is 1. The van der Waals surface area contributed by atoms with Gasteiger partial charge in [-0.3, -0.25) is 10.2 Å². The van der Waals surface area contributed by atoms with Crippen LogP contribution in [0.4, 0.5) is 5.69 Å². The molecule has 0 atom stereocenters. The number of aromatic nitrogens is 5. The average Bonchev–Trinajstić information content (AvgIpc) is 3.34. The van der Waals surface area contributed by atoms with Crippen molar-refractivity contribution in [3.8, 4) is 22.5 Å². The van der Waals surface area contributed by atoms with Crippen LogP contribution < -0.4 is 4.90 Å². The summed E-state index contributed by atoms with van der Waals surface area (Å²) in [7, 11) is 2.18. The van der Waals surface area contributed by atoms with E-state index in [-0.39, 0.29) is 0 Å². The molecule has 1 aliphatic rings. The molecule has 2 N–H and O–H groups in total. The lowest BCUT2D eigenvalue weighted by Gasteiger charge is -2.34. The molecule has 4 heterocycles. The van der Waals surface area contributed by atoms with Crippen molar-refractivity contribution in [3.63, 3.8) is 0 Å². The number of pyridine rings is 1. The topological polar surface area (TPSA) is 76.7 Å². The molecular weight excluding hydrogens is 350 g/mol. The maximum Gasteiger partial charge on any atom is 0.118 e. The number of rotatable bonds is 3. The van der Waals surface area contributed by atoms with E-state index < -0.39 is 0 Å². The number of nitrogens with one attached hydrogen (secondary N) is 2.